The Labute approximate surface area is 112 Å². The molecule has 0 unspecified atom stereocenters. The fourth-order valence-corrected chi connectivity index (χ4v) is 1.50. The Hall–Kier alpha value is -2.48. The van der Waals surface area contributed by atoms with Gasteiger partial charge in [0.05, 0.1) is 11.3 Å². The number of amides is 2. The maximum Gasteiger partial charge on any atom is 0.337 e. The molecule has 0 aliphatic rings. The van der Waals surface area contributed by atoms with Crippen LogP contribution in [0.15, 0.2) is 24.3 Å². The number of para-hydroxylation sites is 1. The monoisotopic (exact) mass is 260 g/mol. The summed E-state index contributed by atoms with van der Waals surface area (Å²) in [5.74, 6) is 1.44. The van der Waals surface area contributed by atoms with Gasteiger partial charge in [-0.05, 0) is 25.0 Å². The lowest BCUT2D eigenvalue weighted by molar-refractivity contribution is 0.0698. The summed E-state index contributed by atoms with van der Waals surface area (Å²) in [5, 5.41) is 14.1. The highest BCUT2D eigenvalue weighted by molar-refractivity contribution is 5.99. The van der Waals surface area contributed by atoms with Gasteiger partial charge >= 0.3 is 12.0 Å². The highest BCUT2D eigenvalue weighted by Crippen LogP contribution is 2.14. The zero-order valence-electron chi connectivity index (χ0n) is 10.5. The van der Waals surface area contributed by atoms with E-state index in [9.17, 15) is 9.59 Å². The molecule has 0 bridgehead atoms. The molecular weight excluding hydrogens is 244 g/mol. The topological polar surface area (TPSA) is 78.4 Å². The van der Waals surface area contributed by atoms with Gasteiger partial charge in [-0.3, -0.25) is 0 Å². The number of nitrogens with one attached hydrogen (secondary N) is 2. The molecule has 2 amide bonds. The van der Waals surface area contributed by atoms with Gasteiger partial charge in [-0.1, -0.05) is 12.1 Å². The quantitative estimate of drug-likeness (QED) is 0.542. The summed E-state index contributed by atoms with van der Waals surface area (Å²) in [6, 6.07) is 5.82. The molecule has 0 aromatic heterocycles. The molecule has 0 aliphatic heterocycles. The second kappa shape index (κ2) is 7.77. The third kappa shape index (κ3) is 5.13. The van der Waals surface area contributed by atoms with Crippen LogP contribution in [0.4, 0.5) is 10.5 Å². The van der Waals surface area contributed by atoms with Crippen molar-refractivity contribution in [3.05, 3.63) is 29.8 Å². The zero-order valence-corrected chi connectivity index (χ0v) is 10.5. The first-order valence-corrected chi connectivity index (χ1v) is 5.95. The first kappa shape index (κ1) is 14.6. The van der Waals surface area contributed by atoms with Crippen LogP contribution in [0.2, 0.25) is 0 Å². The van der Waals surface area contributed by atoms with Crippen LogP contribution in [0.1, 0.15) is 29.6 Å². The minimum Gasteiger partial charge on any atom is -0.478 e. The van der Waals surface area contributed by atoms with E-state index in [4.69, 9.17) is 11.5 Å². The molecule has 0 radical (unpaired) electrons. The lowest BCUT2D eigenvalue weighted by atomic mass is 10.2. The van der Waals surface area contributed by atoms with Crippen LogP contribution in [0.25, 0.3) is 0 Å². The third-order valence-electron chi connectivity index (χ3n) is 2.44. The molecule has 0 saturated carbocycles. The van der Waals surface area contributed by atoms with Gasteiger partial charge in [0.15, 0.2) is 0 Å². The second-order valence-electron chi connectivity index (χ2n) is 3.89. The van der Waals surface area contributed by atoms with Gasteiger partial charge in [0.1, 0.15) is 0 Å². The number of carbonyl (C=O) groups excluding carboxylic acids is 1. The number of carbonyl (C=O) groups is 2. The first-order chi connectivity index (χ1) is 9.15. The van der Waals surface area contributed by atoms with E-state index in [1.807, 2.05) is 0 Å². The maximum absolute atomic E-state index is 11.6. The van der Waals surface area contributed by atoms with Crippen molar-refractivity contribution in [3.63, 3.8) is 0 Å². The average molecular weight is 260 g/mol. The zero-order chi connectivity index (χ0) is 14.1. The summed E-state index contributed by atoms with van der Waals surface area (Å²) < 4.78 is 0. The van der Waals surface area contributed by atoms with Gasteiger partial charge in [0, 0.05) is 13.0 Å². The van der Waals surface area contributed by atoms with Crippen molar-refractivity contribution in [2.75, 3.05) is 11.9 Å². The highest BCUT2D eigenvalue weighted by atomic mass is 16.4. The molecule has 19 heavy (non-hydrogen) atoms. The largest absolute Gasteiger partial charge is 0.478 e. The van der Waals surface area contributed by atoms with Gasteiger partial charge < -0.3 is 15.7 Å². The molecule has 3 N–H and O–H groups in total. The summed E-state index contributed by atoms with van der Waals surface area (Å²) in [4.78, 5) is 22.5. The minimum absolute atomic E-state index is 0.0602. The van der Waals surface area contributed by atoms with Crippen LogP contribution >= 0.6 is 0 Å². The molecule has 0 spiro atoms. The second-order valence-corrected chi connectivity index (χ2v) is 3.89. The molecule has 1 aromatic rings. The standard InChI is InChI=1S/C14H16N2O3/c1-2-3-4-7-10-15-14(19)16-12-9-6-5-8-11(12)13(17)18/h1,5-6,8-9H,3-4,7,10H2,(H,17,18)(H2,15,16,19). The molecule has 5 nitrogen and oxygen atoms in total. The first-order valence-electron chi connectivity index (χ1n) is 5.95. The van der Waals surface area contributed by atoms with Crippen molar-refractivity contribution in [1.29, 1.82) is 0 Å². The van der Waals surface area contributed by atoms with Crippen molar-refractivity contribution in [1.82, 2.24) is 5.32 Å². The summed E-state index contributed by atoms with van der Waals surface area (Å²) in [5.41, 5.74) is 0.334. The van der Waals surface area contributed by atoms with E-state index in [0.717, 1.165) is 12.8 Å². The van der Waals surface area contributed by atoms with E-state index in [1.165, 1.54) is 6.07 Å². The van der Waals surface area contributed by atoms with Gasteiger partial charge in [-0.15, -0.1) is 12.3 Å². The molecule has 0 heterocycles. The van der Waals surface area contributed by atoms with Gasteiger partial charge in [0.2, 0.25) is 0 Å². The predicted molar refractivity (Wildman–Crippen MR) is 73.1 cm³/mol. The Morgan fingerprint density at radius 2 is 2.00 bits per heavy atom. The lowest BCUT2D eigenvalue weighted by Gasteiger charge is -2.09. The maximum atomic E-state index is 11.6. The van der Waals surface area contributed by atoms with Crippen LogP contribution in [0.3, 0.4) is 0 Å². The molecular formula is C14H16N2O3. The average Bonchev–Trinajstić information content (AvgIpc) is 2.39. The Morgan fingerprint density at radius 3 is 2.68 bits per heavy atom. The molecule has 0 aliphatic carbocycles. The minimum atomic E-state index is -1.08. The van der Waals surface area contributed by atoms with Crippen molar-refractivity contribution in [2.24, 2.45) is 0 Å². The van der Waals surface area contributed by atoms with Crippen LogP contribution in [-0.2, 0) is 0 Å². The van der Waals surface area contributed by atoms with Crippen molar-refractivity contribution in [2.45, 2.75) is 19.3 Å². The number of carboxylic acid groups (broad SMARTS) is 1. The Bertz CT molecular complexity index is 492. The molecule has 5 heteroatoms. The number of hydrogen-bond donors (Lipinski definition) is 3. The highest BCUT2D eigenvalue weighted by Gasteiger charge is 2.10. The van der Waals surface area contributed by atoms with Crippen LogP contribution in [0, 0.1) is 12.3 Å². The van der Waals surface area contributed by atoms with E-state index in [0.29, 0.717) is 13.0 Å². The fourth-order valence-electron chi connectivity index (χ4n) is 1.50. The Morgan fingerprint density at radius 1 is 1.26 bits per heavy atom. The number of carboxylic acids is 1. The third-order valence-corrected chi connectivity index (χ3v) is 2.44. The van der Waals surface area contributed by atoms with Crippen LogP contribution in [-0.4, -0.2) is 23.7 Å². The molecule has 0 atom stereocenters. The Balaban J connectivity index is 2.45. The fraction of sp³-hybridized carbons (Fsp3) is 0.286. The van der Waals surface area contributed by atoms with E-state index >= 15 is 0 Å². The molecule has 1 aromatic carbocycles. The SMILES string of the molecule is C#CCCCCNC(=O)Nc1ccccc1C(=O)O. The summed E-state index contributed by atoms with van der Waals surface area (Å²) in [7, 11) is 0. The van der Waals surface area contributed by atoms with Crippen LogP contribution < -0.4 is 10.6 Å². The van der Waals surface area contributed by atoms with E-state index in [2.05, 4.69) is 16.6 Å². The number of unbranched alkanes of at least 4 members (excludes halogenated alkanes) is 2. The molecule has 100 valence electrons. The molecule has 0 saturated heterocycles. The summed E-state index contributed by atoms with van der Waals surface area (Å²) in [6.45, 7) is 0.503. The van der Waals surface area contributed by atoms with Gasteiger partial charge in [-0.25, -0.2) is 9.59 Å². The van der Waals surface area contributed by atoms with Crippen molar-refractivity contribution >= 4 is 17.7 Å². The van der Waals surface area contributed by atoms with Gasteiger partial charge in [0.25, 0.3) is 0 Å². The summed E-state index contributed by atoms with van der Waals surface area (Å²) in [6.07, 6.45) is 7.44. The predicted octanol–water partition coefficient (Wildman–Crippen LogP) is 2.31. The number of rotatable bonds is 6. The van der Waals surface area contributed by atoms with Crippen molar-refractivity contribution in [3.8, 4) is 12.3 Å². The normalized spacial score (nSPS) is 9.42. The number of aromatic carboxylic acids is 1. The number of hydrogen-bond acceptors (Lipinski definition) is 2. The van der Waals surface area contributed by atoms with E-state index in [-0.39, 0.29) is 11.3 Å². The number of benzene rings is 1. The van der Waals surface area contributed by atoms with Crippen molar-refractivity contribution < 1.29 is 14.7 Å². The number of terminal acetylenes is 1. The molecule has 0 fully saturated rings. The Kier molecular flexibility index (Phi) is 5.96. The van der Waals surface area contributed by atoms with Crippen LogP contribution in [0.5, 0.6) is 0 Å². The molecule has 1 rings (SSSR count). The summed E-state index contributed by atoms with van der Waals surface area (Å²) >= 11 is 0. The number of anilines is 1. The van der Waals surface area contributed by atoms with E-state index in [1.54, 1.807) is 18.2 Å². The lowest BCUT2D eigenvalue weighted by Crippen LogP contribution is -2.30. The van der Waals surface area contributed by atoms with Gasteiger partial charge in [-0.2, -0.15) is 0 Å². The van der Waals surface area contributed by atoms with E-state index < -0.39 is 12.0 Å². The number of urea groups is 1. The smallest absolute Gasteiger partial charge is 0.337 e.